The second kappa shape index (κ2) is 12.0. The lowest BCUT2D eigenvalue weighted by molar-refractivity contribution is -0.130. The van der Waals surface area contributed by atoms with Gasteiger partial charge in [0, 0.05) is 50.7 Å². The van der Waals surface area contributed by atoms with Gasteiger partial charge in [0.05, 0.1) is 13.5 Å². The molecule has 0 aromatic heterocycles. The number of carbonyl (C=O) groups is 3. The molecule has 1 heterocycles. The highest BCUT2D eigenvalue weighted by Crippen LogP contribution is 2.19. The molecule has 0 saturated carbocycles. The summed E-state index contributed by atoms with van der Waals surface area (Å²) in [6.45, 7) is 6.44. The van der Waals surface area contributed by atoms with Crippen LogP contribution in [0.2, 0.25) is 0 Å². The van der Waals surface area contributed by atoms with Crippen LogP contribution in [0.15, 0.2) is 24.3 Å². The Kier molecular flexibility index (Phi) is 9.44. The van der Waals surface area contributed by atoms with Gasteiger partial charge in [-0.05, 0) is 25.8 Å². The number of carbonyl (C=O) groups excluding carboxylic acids is 3. The van der Waals surface area contributed by atoms with E-state index >= 15 is 0 Å². The molecule has 166 valence electrons. The first kappa shape index (κ1) is 23.5. The minimum atomic E-state index is -0.189. The lowest BCUT2D eigenvalue weighted by Gasteiger charge is -2.23. The molecule has 0 aliphatic carbocycles. The Morgan fingerprint density at radius 2 is 1.80 bits per heavy atom. The topological polar surface area (TPSA) is 91.0 Å². The van der Waals surface area contributed by atoms with Crippen molar-refractivity contribution in [3.63, 3.8) is 0 Å². The summed E-state index contributed by atoms with van der Waals surface area (Å²) in [5, 5.41) is 5.69. The molecular weight excluding hydrogens is 384 g/mol. The fourth-order valence-electron chi connectivity index (χ4n) is 3.34. The highest BCUT2D eigenvalue weighted by molar-refractivity contribution is 5.80. The normalized spacial score (nSPS) is 15.2. The van der Waals surface area contributed by atoms with Gasteiger partial charge >= 0.3 is 6.03 Å². The zero-order valence-electron chi connectivity index (χ0n) is 18.3. The van der Waals surface area contributed by atoms with Crippen molar-refractivity contribution in [2.24, 2.45) is 0 Å². The van der Waals surface area contributed by atoms with Gasteiger partial charge in [-0.25, -0.2) is 4.79 Å². The molecule has 30 heavy (non-hydrogen) atoms. The van der Waals surface area contributed by atoms with Crippen LogP contribution in [-0.4, -0.2) is 73.5 Å². The van der Waals surface area contributed by atoms with Gasteiger partial charge in [0.1, 0.15) is 5.75 Å². The van der Waals surface area contributed by atoms with E-state index in [1.165, 1.54) is 0 Å². The van der Waals surface area contributed by atoms with Crippen LogP contribution in [-0.2, 0) is 16.0 Å². The molecule has 1 aromatic carbocycles. The molecule has 1 aromatic rings. The van der Waals surface area contributed by atoms with Gasteiger partial charge in [0.15, 0.2) is 0 Å². The van der Waals surface area contributed by atoms with Crippen molar-refractivity contribution < 1.29 is 19.1 Å². The van der Waals surface area contributed by atoms with Crippen LogP contribution >= 0.6 is 0 Å². The monoisotopic (exact) mass is 418 g/mol. The third-order valence-electron chi connectivity index (χ3n) is 5.32. The van der Waals surface area contributed by atoms with Crippen molar-refractivity contribution in [1.29, 1.82) is 0 Å². The van der Waals surface area contributed by atoms with Crippen LogP contribution in [0.5, 0.6) is 5.75 Å². The molecule has 1 fully saturated rings. The Labute approximate surface area is 178 Å². The lowest BCUT2D eigenvalue weighted by Crippen LogP contribution is -2.44. The highest BCUT2D eigenvalue weighted by Gasteiger charge is 2.22. The molecule has 1 saturated heterocycles. The molecule has 0 unspecified atom stereocenters. The number of nitrogens with zero attached hydrogens (tertiary/aromatic N) is 2. The predicted octanol–water partition coefficient (Wildman–Crippen LogP) is 1.79. The number of ether oxygens (including phenoxy) is 1. The van der Waals surface area contributed by atoms with Crippen LogP contribution in [0.4, 0.5) is 4.79 Å². The number of nitrogens with one attached hydrogen (secondary N) is 2. The molecule has 0 radical (unpaired) electrons. The van der Waals surface area contributed by atoms with Crippen molar-refractivity contribution in [3.8, 4) is 5.75 Å². The quantitative estimate of drug-likeness (QED) is 0.673. The van der Waals surface area contributed by atoms with Crippen molar-refractivity contribution in [2.45, 2.75) is 45.6 Å². The first-order valence-electron chi connectivity index (χ1n) is 10.7. The van der Waals surface area contributed by atoms with Gasteiger partial charge in [0.2, 0.25) is 11.8 Å². The number of hydrogen-bond donors (Lipinski definition) is 2. The second-order valence-electron chi connectivity index (χ2n) is 7.57. The molecule has 0 bridgehead atoms. The average Bonchev–Trinajstić information content (AvgIpc) is 3.00. The van der Waals surface area contributed by atoms with Crippen molar-refractivity contribution in [3.05, 3.63) is 29.8 Å². The average molecular weight is 419 g/mol. The Morgan fingerprint density at radius 3 is 2.53 bits per heavy atom. The summed E-state index contributed by atoms with van der Waals surface area (Å²) in [5.74, 6) is 0.677. The summed E-state index contributed by atoms with van der Waals surface area (Å²) in [6.07, 6.45) is 2.13. The van der Waals surface area contributed by atoms with E-state index in [-0.39, 0.29) is 36.7 Å². The molecule has 4 amide bonds. The Morgan fingerprint density at radius 1 is 1.10 bits per heavy atom. The molecule has 1 atom stereocenters. The number of rotatable bonds is 8. The van der Waals surface area contributed by atoms with Gasteiger partial charge < -0.3 is 25.2 Å². The zero-order chi connectivity index (χ0) is 21.9. The van der Waals surface area contributed by atoms with Gasteiger partial charge in [-0.15, -0.1) is 0 Å². The standard InChI is InChI=1S/C22H34N4O4/c1-4-17(2)24-20(27)10-11-23-22(29)26-13-7-12-25(14-15-26)21(28)16-18-8-5-6-9-19(18)30-3/h5-6,8-9,17H,4,7,10-16H2,1-3H3,(H,23,29)(H,24,27)/t17-/m1/s1. The number of para-hydroxylation sites is 1. The highest BCUT2D eigenvalue weighted by atomic mass is 16.5. The van der Waals surface area contributed by atoms with E-state index in [0.29, 0.717) is 38.5 Å². The van der Waals surface area contributed by atoms with E-state index in [2.05, 4.69) is 10.6 Å². The van der Waals surface area contributed by atoms with Gasteiger partial charge in [-0.2, -0.15) is 0 Å². The Bertz CT molecular complexity index is 725. The van der Waals surface area contributed by atoms with E-state index in [0.717, 1.165) is 18.4 Å². The molecule has 1 aliphatic heterocycles. The molecule has 1 aliphatic rings. The third-order valence-corrected chi connectivity index (χ3v) is 5.32. The number of methoxy groups -OCH3 is 1. The van der Waals surface area contributed by atoms with Crippen LogP contribution < -0.4 is 15.4 Å². The smallest absolute Gasteiger partial charge is 0.317 e. The summed E-state index contributed by atoms with van der Waals surface area (Å²) in [7, 11) is 1.60. The Balaban J connectivity index is 1.77. The summed E-state index contributed by atoms with van der Waals surface area (Å²) in [4.78, 5) is 40.5. The number of amides is 4. The van der Waals surface area contributed by atoms with E-state index in [9.17, 15) is 14.4 Å². The largest absolute Gasteiger partial charge is 0.496 e. The van der Waals surface area contributed by atoms with Gasteiger partial charge in [-0.1, -0.05) is 25.1 Å². The minimum absolute atomic E-state index is 0.0310. The van der Waals surface area contributed by atoms with Gasteiger partial charge in [0.25, 0.3) is 0 Å². The van der Waals surface area contributed by atoms with Crippen molar-refractivity contribution in [1.82, 2.24) is 20.4 Å². The number of urea groups is 1. The summed E-state index contributed by atoms with van der Waals surface area (Å²) >= 11 is 0. The molecular formula is C22H34N4O4. The zero-order valence-corrected chi connectivity index (χ0v) is 18.3. The number of benzene rings is 1. The van der Waals surface area contributed by atoms with E-state index in [4.69, 9.17) is 4.74 Å². The van der Waals surface area contributed by atoms with Gasteiger partial charge in [-0.3, -0.25) is 9.59 Å². The SMILES string of the molecule is CC[C@@H](C)NC(=O)CCNC(=O)N1CCCN(C(=O)Cc2ccccc2OC)CC1. The molecule has 2 N–H and O–H groups in total. The third kappa shape index (κ3) is 7.24. The van der Waals surface area contributed by atoms with Crippen LogP contribution in [0.3, 0.4) is 0 Å². The first-order chi connectivity index (χ1) is 14.4. The molecule has 8 heteroatoms. The first-order valence-corrected chi connectivity index (χ1v) is 10.7. The van der Waals surface area contributed by atoms with E-state index in [1.807, 2.05) is 38.1 Å². The maximum atomic E-state index is 12.7. The fourth-order valence-corrected chi connectivity index (χ4v) is 3.34. The Hall–Kier alpha value is -2.77. The van der Waals surface area contributed by atoms with E-state index < -0.39 is 0 Å². The molecule has 2 rings (SSSR count). The lowest BCUT2D eigenvalue weighted by atomic mass is 10.1. The molecule has 0 spiro atoms. The fraction of sp³-hybridized carbons (Fsp3) is 0.591. The predicted molar refractivity (Wildman–Crippen MR) is 115 cm³/mol. The summed E-state index contributed by atoms with van der Waals surface area (Å²) in [6, 6.07) is 7.46. The minimum Gasteiger partial charge on any atom is -0.496 e. The maximum Gasteiger partial charge on any atom is 0.317 e. The van der Waals surface area contributed by atoms with Crippen molar-refractivity contribution >= 4 is 17.8 Å². The van der Waals surface area contributed by atoms with Crippen LogP contribution in [0.1, 0.15) is 38.7 Å². The summed E-state index contributed by atoms with van der Waals surface area (Å²) < 4.78 is 5.33. The maximum absolute atomic E-state index is 12.7. The van der Waals surface area contributed by atoms with Crippen LogP contribution in [0.25, 0.3) is 0 Å². The number of hydrogen-bond acceptors (Lipinski definition) is 4. The molecule has 8 nitrogen and oxygen atoms in total. The van der Waals surface area contributed by atoms with E-state index in [1.54, 1.807) is 16.9 Å². The second-order valence-corrected chi connectivity index (χ2v) is 7.57. The summed E-state index contributed by atoms with van der Waals surface area (Å²) in [5.41, 5.74) is 0.861. The van der Waals surface area contributed by atoms with Crippen LogP contribution in [0, 0.1) is 0 Å². The van der Waals surface area contributed by atoms with Crippen molar-refractivity contribution in [2.75, 3.05) is 39.8 Å².